The summed E-state index contributed by atoms with van der Waals surface area (Å²) in [6, 6.07) is 11.5. The standard InChI is InChI=1S/C14H16ClN3O/c1-10(7-8-19)16-13-9-12(15)17-14(18-13)11-5-3-2-4-6-11/h2-6,9-10,19H,7-8H2,1H3,(H,16,17,18). The molecule has 0 fully saturated rings. The predicted molar refractivity (Wildman–Crippen MR) is 77.3 cm³/mol. The Bertz CT molecular complexity index is 533. The van der Waals surface area contributed by atoms with Gasteiger partial charge in [0.05, 0.1) is 0 Å². The second-order valence-corrected chi connectivity index (χ2v) is 4.71. The molecule has 0 saturated heterocycles. The Labute approximate surface area is 117 Å². The topological polar surface area (TPSA) is 58.0 Å². The summed E-state index contributed by atoms with van der Waals surface area (Å²) in [5.41, 5.74) is 0.919. The van der Waals surface area contributed by atoms with E-state index in [9.17, 15) is 0 Å². The van der Waals surface area contributed by atoms with Crippen LogP contribution < -0.4 is 5.32 Å². The molecule has 2 rings (SSSR count). The van der Waals surface area contributed by atoms with Crippen molar-refractivity contribution in [2.24, 2.45) is 0 Å². The molecule has 0 saturated carbocycles. The maximum atomic E-state index is 8.90. The molecule has 4 nitrogen and oxygen atoms in total. The van der Waals surface area contributed by atoms with E-state index in [0.29, 0.717) is 23.2 Å². The van der Waals surface area contributed by atoms with E-state index in [1.54, 1.807) is 6.07 Å². The molecule has 2 N–H and O–H groups in total. The summed E-state index contributed by atoms with van der Waals surface area (Å²) in [4.78, 5) is 8.66. The van der Waals surface area contributed by atoms with E-state index >= 15 is 0 Å². The van der Waals surface area contributed by atoms with Crippen LogP contribution in [0.3, 0.4) is 0 Å². The minimum Gasteiger partial charge on any atom is -0.396 e. The Hall–Kier alpha value is -1.65. The lowest BCUT2D eigenvalue weighted by Gasteiger charge is -2.13. The second-order valence-electron chi connectivity index (χ2n) is 4.32. The molecule has 5 heteroatoms. The minimum absolute atomic E-state index is 0.125. The number of anilines is 1. The highest BCUT2D eigenvalue weighted by Gasteiger charge is 2.07. The van der Waals surface area contributed by atoms with Crippen molar-refractivity contribution >= 4 is 17.4 Å². The van der Waals surface area contributed by atoms with Crippen LogP contribution in [0.5, 0.6) is 0 Å². The molecule has 100 valence electrons. The fourth-order valence-corrected chi connectivity index (χ4v) is 1.91. The first kappa shape index (κ1) is 13.8. The zero-order chi connectivity index (χ0) is 13.7. The van der Waals surface area contributed by atoms with Crippen molar-refractivity contribution in [2.75, 3.05) is 11.9 Å². The van der Waals surface area contributed by atoms with Gasteiger partial charge in [-0.25, -0.2) is 9.97 Å². The van der Waals surface area contributed by atoms with Crippen LogP contribution in [0.15, 0.2) is 36.4 Å². The van der Waals surface area contributed by atoms with Crippen LogP contribution in [0.1, 0.15) is 13.3 Å². The predicted octanol–water partition coefficient (Wildman–Crippen LogP) is 2.98. The minimum atomic E-state index is 0.125. The van der Waals surface area contributed by atoms with Crippen LogP contribution in [0.2, 0.25) is 5.15 Å². The number of aliphatic hydroxyl groups is 1. The van der Waals surface area contributed by atoms with Crippen molar-refractivity contribution in [3.05, 3.63) is 41.6 Å². The highest BCUT2D eigenvalue weighted by molar-refractivity contribution is 6.29. The number of hydrogen-bond donors (Lipinski definition) is 2. The van der Waals surface area contributed by atoms with Crippen molar-refractivity contribution in [3.63, 3.8) is 0 Å². The maximum absolute atomic E-state index is 8.90. The summed E-state index contributed by atoms with van der Waals surface area (Å²) < 4.78 is 0. The van der Waals surface area contributed by atoms with Crippen LogP contribution >= 0.6 is 11.6 Å². The van der Waals surface area contributed by atoms with Gasteiger partial charge in [0.25, 0.3) is 0 Å². The molecular formula is C14H16ClN3O. The van der Waals surface area contributed by atoms with Crippen LogP contribution in [0.25, 0.3) is 11.4 Å². The first-order valence-corrected chi connectivity index (χ1v) is 6.54. The summed E-state index contributed by atoms with van der Waals surface area (Å²) in [5, 5.41) is 12.5. The maximum Gasteiger partial charge on any atom is 0.163 e. The van der Waals surface area contributed by atoms with Crippen LogP contribution in [0, 0.1) is 0 Å². The summed E-state index contributed by atoms with van der Waals surface area (Å²) >= 11 is 6.02. The van der Waals surface area contributed by atoms with E-state index < -0.39 is 0 Å². The van der Waals surface area contributed by atoms with Crippen molar-refractivity contribution in [3.8, 4) is 11.4 Å². The van der Waals surface area contributed by atoms with Crippen LogP contribution in [-0.2, 0) is 0 Å². The molecule has 1 aromatic carbocycles. The number of hydrogen-bond acceptors (Lipinski definition) is 4. The Morgan fingerprint density at radius 3 is 2.68 bits per heavy atom. The number of nitrogens with one attached hydrogen (secondary N) is 1. The number of halogens is 1. The summed E-state index contributed by atoms with van der Waals surface area (Å²) in [5.74, 6) is 1.26. The highest BCUT2D eigenvalue weighted by atomic mass is 35.5. The molecule has 1 aromatic heterocycles. The molecule has 1 unspecified atom stereocenters. The monoisotopic (exact) mass is 277 g/mol. The summed E-state index contributed by atoms with van der Waals surface area (Å²) in [6.07, 6.45) is 0.655. The van der Waals surface area contributed by atoms with Gasteiger partial charge in [-0.3, -0.25) is 0 Å². The molecule has 0 aliphatic rings. The van der Waals surface area contributed by atoms with Gasteiger partial charge in [0.15, 0.2) is 5.82 Å². The largest absolute Gasteiger partial charge is 0.396 e. The Morgan fingerprint density at radius 2 is 2.00 bits per heavy atom. The zero-order valence-electron chi connectivity index (χ0n) is 10.7. The van der Waals surface area contributed by atoms with E-state index in [1.807, 2.05) is 37.3 Å². The van der Waals surface area contributed by atoms with Gasteiger partial charge >= 0.3 is 0 Å². The van der Waals surface area contributed by atoms with Crippen molar-refractivity contribution in [2.45, 2.75) is 19.4 Å². The van der Waals surface area contributed by atoms with Gasteiger partial charge in [-0.2, -0.15) is 0 Å². The van der Waals surface area contributed by atoms with Gasteiger partial charge in [0.1, 0.15) is 11.0 Å². The van der Waals surface area contributed by atoms with Crippen LogP contribution in [-0.4, -0.2) is 27.7 Å². The van der Waals surface area contributed by atoms with Gasteiger partial charge in [0.2, 0.25) is 0 Å². The quantitative estimate of drug-likeness (QED) is 0.825. The number of rotatable bonds is 5. The summed E-state index contributed by atoms with van der Waals surface area (Å²) in [6.45, 7) is 2.12. The number of aromatic nitrogens is 2. The average molecular weight is 278 g/mol. The molecule has 0 radical (unpaired) electrons. The number of nitrogens with zero attached hydrogens (tertiary/aromatic N) is 2. The lowest BCUT2D eigenvalue weighted by atomic mass is 10.2. The Morgan fingerprint density at radius 1 is 1.26 bits per heavy atom. The van der Waals surface area contributed by atoms with Gasteiger partial charge in [0, 0.05) is 24.3 Å². The van der Waals surface area contributed by atoms with Crippen molar-refractivity contribution in [1.82, 2.24) is 9.97 Å². The molecule has 0 aliphatic carbocycles. The van der Waals surface area contributed by atoms with Gasteiger partial charge in [-0.15, -0.1) is 0 Å². The third kappa shape index (κ3) is 3.91. The van der Waals surface area contributed by atoms with E-state index in [2.05, 4.69) is 15.3 Å². The van der Waals surface area contributed by atoms with E-state index in [4.69, 9.17) is 16.7 Å². The third-order valence-corrected chi connectivity index (χ3v) is 2.88. The van der Waals surface area contributed by atoms with Gasteiger partial charge < -0.3 is 10.4 Å². The average Bonchev–Trinajstić information content (AvgIpc) is 2.39. The SMILES string of the molecule is CC(CCO)Nc1cc(Cl)nc(-c2ccccc2)n1. The molecule has 19 heavy (non-hydrogen) atoms. The van der Waals surface area contributed by atoms with E-state index in [0.717, 1.165) is 5.56 Å². The summed E-state index contributed by atoms with van der Waals surface area (Å²) in [7, 11) is 0. The van der Waals surface area contributed by atoms with Gasteiger partial charge in [-0.05, 0) is 13.3 Å². The van der Waals surface area contributed by atoms with Crippen molar-refractivity contribution in [1.29, 1.82) is 0 Å². The number of benzene rings is 1. The first-order valence-electron chi connectivity index (χ1n) is 6.16. The molecule has 0 aliphatic heterocycles. The molecule has 1 heterocycles. The van der Waals surface area contributed by atoms with E-state index in [1.165, 1.54) is 0 Å². The normalized spacial score (nSPS) is 12.2. The van der Waals surface area contributed by atoms with Gasteiger partial charge in [-0.1, -0.05) is 41.9 Å². The second kappa shape index (κ2) is 6.50. The smallest absolute Gasteiger partial charge is 0.163 e. The zero-order valence-corrected chi connectivity index (χ0v) is 11.4. The van der Waals surface area contributed by atoms with Crippen molar-refractivity contribution < 1.29 is 5.11 Å². The Balaban J connectivity index is 2.25. The number of aliphatic hydroxyl groups excluding tert-OH is 1. The Kier molecular flexibility index (Phi) is 4.71. The lowest BCUT2D eigenvalue weighted by Crippen LogP contribution is -2.17. The first-order chi connectivity index (χ1) is 9.19. The van der Waals surface area contributed by atoms with Crippen LogP contribution in [0.4, 0.5) is 5.82 Å². The molecule has 0 bridgehead atoms. The fraction of sp³-hybridized carbons (Fsp3) is 0.286. The fourth-order valence-electron chi connectivity index (χ4n) is 1.73. The molecule has 0 amide bonds. The molecule has 0 spiro atoms. The molecule has 1 atom stereocenters. The van der Waals surface area contributed by atoms with E-state index in [-0.39, 0.29) is 12.6 Å². The highest BCUT2D eigenvalue weighted by Crippen LogP contribution is 2.20. The molecule has 2 aromatic rings. The lowest BCUT2D eigenvalue weighted by molar-refractivity contribution is 0.282. The molecular weight excluding hydrogens is 262 g/mol. The third-order valence-electron chi connectivity index (χ3n) is 2.68.